The summed E-state index contributed by atoms with van der Waals surface area (Å²) < 4.78 is 0. The molecule has 4 nitrogen and oxygen atoms in total. The van der Waals surface area contributed by atoms with Crippen LogP contribution in [0.25, 0.3) is 11.3 Å². The second-order valence-corrected chi connectivity index (χ2v) is 6.03. The van der Waals surface area contributed by atoms with Gasteiger partial charge in [-0.05, 0) is 12.8 Å². The van der Waals surface area contributed by atoms with Crippen molar-refractivity contribution in [3.63, 3.8) is 0 Å². The summed E-state index contributed by atoms with van der Waals surface area (Å²) in [5, 5.41) is 8.48. The molecule has 0 aliphatic carbocycles. The van der Waals surface area contributed by atoms with Crippen LogP contribution >= 0.6 is 0 Å². The van der Waals surface area contributed by atoms with E-state index in [2.05, 4.69) is 27.2 Å². The topological polar surface area (TPSA) is 41.9 Å². The van der Waals surface area contributed by atoms with Crippen LogP contribution in [-0.2, 0) is 0 Å². The average molecular weight is 320 g/mol. The zero-order chi connectivity index (χ0) is 16.5. The van der Waals surface area contributed by atoms with Crippen LogP contribution in [0.2, 0.25) is 0 Å². The molecule has 0 amide bonds. The highest BCUT2D eigenvalue weighted by Crippen LogP contribution is 2.19. The Morgan fingerprint density at radius 1 is 0.708 bits per heavy atom. The van der Waals surface area contributed by atoms with Crippen molar-refractivity contribution >= 4 is 5.95 Å². The molecule has 1 aliphatic rings. The van der Waals surface area contributed by atoms with Crippen LogP contribution in [0.4, 0.5) is 5.95 Å². The highest BCUT2D eigenvalue weighted by Gasteiger charge is 2.13. The number of rotatable bonds is 2. The third-order valence-electron chi connectivity index (χ3n) is 4.20. The normalized spacial score (nSPS) is 15.1. The van der Waals surface area contributed by atoms with Crippen LogP contribution in [0.3, 0.4) is 0 Å². The van der Waals surface area contributed by atoms with Crippen molar-refractivity contribution in [1.82, 2.24) is 15.2 Å². The van der Waals surface area contributed by atoms with E-state index in [0.29, 0.717) is 0 Å². The summed E-state index contributed by atoms with van der Waals surface area (Å²) in [6, 6.07) is 18.2. The van der Waals surface area contributed by atoms with Gasteiger partial charge < -0.3 is 4.90 Å². The first-order valence-electron chi connectivity index (χ1n) is 8.77. The van der Waals surface area contributed by atoms with E-state index in [-0.39, 0.29) is 0 Å². The quantitative estimate of drug-likeness (QED) is 0.820. The molecule has 0 spiro atoms. The Bertz CT molecular complexity index is 668. The van der Waals surface area contributed by atoms with Crippen LogP contribution in [-0.4, -0.2) is 28.3 Å². The Hall–Kier alpha value is -2.49. The Kier molecular flexibility index (Phi) is 6.12. The van der Waals surface area contributed by atoms with Gasteiger partial charge in [0.2, 0.25) is 5.95 Å². The van der Waals surface area contributed by atoms with Crippen LogP contribution in [0.1, 0.15) is 32.1 Å². The molecule has 0 saturated carbocycles. The first-order chi connectivity index (χ1) is 11.9. The second kappa shape index (κ2) is 8.96. The molecule has 1 aromatic carbocycles. The van der Waals surface area contributed by atoms with Gasteiger partial charge in [-0.15, -0.1) is 5.10 Å². The fraction of sp³-hybridized carbons (Fsp3) is 0.350. The Balaban J connectivity index is 1.90. The van der Waals surface area contributed by atoms with Crippen molar-refractivity contribution in [3.8, 4) is 11.3 Å². The average Bonchev–Trinajstić information content (AvgIpc) is 2.59. The van der Waals surface area contributed by atoms with E-state index in [9.17, 15) is 0 Å². The van der Waals surface area contributed by atoms with Crippen molar-refractivity contribution < 1.29 is 0 Å². The minimum atomic E-state index is 0.750. The van der Waals surface area contributed by atoms with Crippen LogP contribution in [0.5, 0.6) is 0 Å². The first kappa shape index (κ1) is 16.4. The highest BCUT2D eigenvalue weighted by molar-refractivity contribution is 5.58. The van der Waals surface area contributed by atoms with E-state index in [1.54, 1.807) is 6.20 Å². The fourth-order valence-corrected chi connectivity index (χ4v) is 2.88. The summed E-state index contributed by atoms with van der Waals surface area (Å²) in [6.07, 6.45) is 8.08. The maximum Gasteiger partial charge on any atom is 0.245 e. The van der Waals surface area contributed by atoms with E-state index < -0.39 is 0 Å². The molecule has 2 aromatic rings. The third kappa shape index (κ3) is 4.75. The number of hydrogen-bond donors (Lipinski definition) is 0. The van der Waals surface area contributed by atoms with Crippen molar-refractivity contribution in [3.05, 3.63) is 60.8 Å². The lowest BCUT2D eigenvalue weighted by molar-refractivity contribution is 0.549. The molecule has 0 N–H and O–H groups in total. The molecule has 1 saturated heterocycles. The lowest BCUT2D eigenvalue weighted by Crippen LogP contribution is -2.29. The zero-order valence-corrected chi connectivity index (χ0v) is 14.0. The molecular weight excluding hydrogens is 296 g/mol. The van der Waals surface area contributed by atoms with Crippen LogP contribution in [0, 0.1) is 0 Å². The summed E-state index contributed by atoms with van der Waals surface area (Å²) in [5.41, 5.74) is 1.90. The Morgan fingerprint density at radius 2 is 1.29 bits per heavy atom. The smallest absolute Gasteiger partial charge is 0.245 e. The standard InChI is InChI=1S/C20H24N4/c1-2-5-9-13-18(14-10-6-3-1)19-17-21-23-20(22-19)24-15-11-7-4-8-12-16-24/h1-3,5-6,9-10,13-14,17H,4,7-8,11-12,15-16H2. The molecule has 3 rings (SSSR count). The Labute approximate surface area is 143 Å². The molecule has 1 aromatic heterocycles. The minimum absolute atomic E-state index is 0.750. The summed E-state index contributed by atoms with van der Waals surface area (Å²) in [4.78, 5) is 7.05. The lowest BCUT2D eigenvalue weighted by atomic mass is 10.1. The molecule has 0 bridgehead atoms. The summed E-state index contributed by atoms with van der Waals surface area (Å²) in [5.74, 6) is 0.750. The van der Waals surface area contributed by atoms with Crippen molar-refractivity contribution in [2.75, 3.05) is 18.0 Å². The minimum Gasteiger partial charge on any atom is -0.340 e. The van der Waals surface area contributed by atoms with Crippen LogP contribution < -0.4 is 4.90 Å². The SMILES string of the molecule is c1ccccc(-c2cnnc(N3CCCCCCC3)n2)cccc1. The number of hydrogen-bond acceptors (Lipinski definition) is 4. The Morgan fingerprint density at radius 3 is 1.96 bits per heavy atom. The predicted molar refractivity (Wildman–Crippen MR) is 98.2 cm³/mol. The van der Waals surface area contributed by atoms with E-state index in [1.165, 1.54) is 32.1 Å². The van der Waals surface area contributed by atoms with Gasteiger partial charge in [-0.2, -0.15) is 5.10 Å². The van der Waals surface area contributed by atoms with Crippen molar-refractivity contribution in [2.24, 2.45) is 0 Å². The highest BCUT2D eigenvalue weighted by atomic mass is 15.3. The molecular formula is C20H24N4. The lowest BCUT2D eigenvalue weighted by Gasteiger charge is -2.24. The van der Waals surface area contributed by atoms with Gasteiger partial charge in [0, 0.05) is 18.7 Å². The molecule has 0 radical (unpaired) electrons. The number of nitrogens with zero attached hydrogens (tertiary/aromatic N) is 4. The van der Waals surface area contributed by atoms with Crippen molar-refractivity contribution in [2.45, 2.75) is 32.1 Å². The summed E-state index contributed by atoms with van der Waals surface area (Å²) in [6.45, 7) is 2.04. The number of aromatic nitrogens is 3. The van der Waals surface area contributed by atoms with Crippen molar-refractivity contribution in [1.29, 1.82) is 0 Å². The monoisotopic (exact) mass is 320 g/mol. The first-order valence-corrected chi connectivity index (χ1v) is 8.77. The van der Waals surface area contributed by atoms with Gasteiger partial charge in [-0.1, -0.05) is 73.9 Å². The van der Waals surface area contributed by atoms with Gasteiger partial charge in [0.25, 0.3) is 0 Å². The molecule has 0 unspecified atom stereocenters. The summed E-state index contributed by atoms with van der Waals surface area (Å²) >= 11 is 0. The van der Waals surface area contributed by atoms with E-state index in [1.807, 2.05) is 42.5 Å². The second-order valence-electron chi connectivity index (χ2n) is 6.03. The predicted octanol–water partition coefficient (Wildman–Crippen LogP) is 4.43. The third-order valence-corrected chi connectivity index (χ3v) is 4.20. The van der Waals surface area contributed by atoms with Crippen LogP contribution in [0.15, 0.2) is 60.8 Å². The molecule has 2 heterocycles. The van der Waals surface area contributed by atoms with Gasteiger partial charge in [-0.3, -0.25) is 0 Å². The molecule has 1 fully saturated rings. The molecule has 4 heteroatoms. The molecule has 1 aliphatic heterocycles. The molecule has 24 heavy (non-hydrogen) atoms. The van der Waals surface area contributed by atoms with Gasteiger partial charge in [0.1, 0.15) is 0 Å². The summed E-state index contributed by atoms with van der Waals surface area (Å²) in [7, 11) is 0. The van der Waals surface area contributed by atoms with Gasteiger partial charge >= 0.3 is 0 Å². The zero-order valence-electron chi connectivity index (χ0n) is 14.0. The van der Waals surface area contributed by atoms with Gasteiger partial charge in [0.05, 0.1) is 11.9 Å². The van der Waals surface area contributed by atoms with E-state index in [4.69, 9.17) is 4.98 Å². The van der Waals surface area contributed by atoms with Gasteiger partial charge in [0.15, 0.2) is 0 Å². The maximum atomic E-state index is 4.78. The largest absolute Gasteiger partial charge is 0.340 e. The fourth-order valence-electron chi connectivity index (χ4n) is 2.88. The van der Waals surface area contributed by atoms with E-state index >= 15 is 0 Å². The molecule has 0 atom stereocenters. The maximum absolute atomic E-state index is 4.78. The molecule has 124 valence electrons. The van der Waals surface area contributed by atoms with E-state index in [0.717, 1.165) is 30.3 Å². The van der Waals surface area contributed by atoms with Gasteiger partial charge in [-0.25, -0.2) is 4.98 Å². The number of anilines is 1.